The van der Waals surface area contributed by atoms with Gasteiger partial charge in [-0.3, -0.25) is 14.6 Å². The first-order valence-corrected chi connectivity index (χ1v) is 9.78. The molecule has 1 aromatic heterocycles. The number of Topliss-reactive ketones (excluding diaryl/α,β-unsaturated/α-hetero) is 1. The van der Waals surface area contributed by atoms with Crippen molar-refractivity contribution in [3.63, 3.8) is 0 Å². The highest BCUT2D eigenvalue weighted by molar-refractivity contribution is 9.10. The number of halogens is 1. The fourth-order valence-corrected chi connectivity index (χ4v) is 3.05. The summed E-state index contributed by atoms with van der Waals surface area (Å²) >= 11 is 3.42. The van der Waals surface area contributed by atoms with E-state index in [4.69, 9.17) is 4.74 Å². The van der Waals surface area contributed by atoms with Gasteiger partial charge in [0, 0.05) is 22.0 Å². The zero-order valence-electron chi connectivity index (χ0n) is 16.0. The minimum absolute atomic E-state index is 0.0730. The maximum Gasteiger partial charge on any atom is 0.306 e. The van der Waals surface area contributed by atoms with Gasteiger partial charge < -0.3 is 4.74 Å². The largest absolute Gasteiger partial charge is 0.460 e. The summed E-state index contributed by atoms with van der Waals surface area (Å²) in [5, 5.41) is 0. The third kappa shape index (κ3) is 5.23. The summed E-state index contributed by atoms with van der Waals surface area (Å²) in [5.41, 5.74) is 3.25. The molecule has 3 rings (SSSR count). The Morgan fingerprint density at radius 3 is 2.39 bits per heavy atom. The SMILES string of the molecule is CC(C)(C)OC(=O)CCC(=O)c1ccc(-c2cnc3cc(Br)ccc3n2)cc1. The quantitative estimate of drug-likeness (QED) is 0.394. The zero-order valence-corrected chi connectivity index (χ0v) is 17.6. The molecule has 0 unspecified atom stereocenters. The average molecular weight is 441 g/mol. The molecule has 0 saturated heterocycles. The second-order valence-electron chi connectivity index (χ2n) is 7.48. The molecule has 0 spiro atoms. The van der Waals surface area contributed by atoms with Gasteiger partial charge in [-0.25, -0.2) is 4.98 Å². The Morgan fingerprint density at radius 2 is 1.71 bits per heavy atom. The Hall–Kier alpha value is -2.60. The third-order valence-electron chi connectivity index (χ3n) is 3.98. The summed E-state index contributed by atoms with van der Waals surface area (Å²) in [7, 11) is 0. The Kier molecular flexibility index (Phi) is 5.89. The third-order valence-corrected chi connectivity index (χ3v) is 4.48. The summed E-state index contributed by atoms with van der Waals surface area (Å²) in [6.07, 6.45) is 1.91. The number of ketones is 1. The van der Waals surface area contributed by atoms with Gasteiger partial charge in [0.05, 0.1) is 29.3 Å². The van der Waals surface area contributed by atoms with E-state index in [1.165, 1.54) is 0 Å². The van der Waals surface area contributed by atoms with E-state index < -0.39 is 5.60 Å². The smallest absolute Gasteiger partial charge is 0.306 e. The van der Waals surface area contributed by atoms with Crippen LogP contribution in [-0.4, -0.2) is 27.3 Å². The second kappa shape index (κ2) is 8.19. The first kappa shape index (κ1) is 20.1. The van der Waals surface area contributed by atoms with Gasteiger partial charge in [-0.2, -0.15) is 0 Å². The van der Waals surface area contributed by atoms with Crippen LogP contribution in [0.4, 0.5) is 0 Å². The zero-order chi connectivity index (χ0) is 20.3. The summed E-state index contributed by atoms with van der Waals surface area (Å²) in [4.78, 5) is 33.2. The van der Waals surface area contributed by atoms with Crippen molar-refractivity contribution in [2.24, 2.45) is 0 Å². The second-order valence-corrected chi connectivity index (χ2v) is 8.39. The summed E-state index contributed by atoms with van der Waals surface area (Å²) in [5.74, 6) is -0.456. The highest BCUT2D eigenvalue weighted by Crippen LogP contribution is 2.22. The standard InChI is InChI=1S/C22H21BrN2O3/c1-22(2,3)28-21(27)11-10-20(26)15-6-4-14(5-7-15)19-13-24-18-12-16(23)8-9-17(18)25-19/h4-9,12-13H,10-11H2,1-3H3. The van der Waals surface area contributed by atoms with Crippen molar-refractivity contribution in [2.45, 2.75) is 39.2 Å². The molecule has 3 aromatic rings. The number of nitrogens with zero attached hydrogens (tertiary/aromatic N) is 2. The number of benzene rings is 2. The Labute approximate surface area is 172 Å². The first-order valence-electron chi connectivity index (χ1n) is 8.99. The summed E-state index contributed by atoms with van der Waals surface area (Å²) < 4.78 is 6.19. The highest BCUT2D eigenvalue weighted by Gasteiger charge is 2.17. The van der Waals surface area contributed by atoms with E-state index in [2.05, 4.69) is 25.9 Å². The maximum absolute atomic E-state index is 12.3. The molecule has 0 radical (unpaired) electrons. The molecule has 0 bridgehead atoms. The van der Waals surface area contributed by atoms with Crippen molar-refractivity contribution in [3.8, 4) is 11.3 Å². The fraction of sp³-hybridized carbons (Fsp3) is 0.273. The molecular weight excluding hydrogens is 420 g/mol. The predicted octanol–water partition coefficient (Wildman–Crippen LogP) is 5.36. The van der Waals surface area contributed by atoms with Crippen molar-refractivity contribution >= 4 is 38.7 Å². The van der Waals surface area contributed by atoms with Crippen LogP contribution in [0.2, 0.25) is 0 Å². The lowest BCUT2D eigenvalue weighted by atomic mass is 10.0. The highest BCUT2D eigenvalue weighted by atomic mass is 79.9. The van der Waals surface area contributed by atoms with Gasteiger partial charge in [0.15, 0.2) is 5.78 Å². The van der Waals surface area contributed by atoms with Gasteiger partial charge in [-0.05, 0) is 39.0 Å². The number of esters is 1. The molecular formula is C22H21BrN2O3. The van der Waals surface area contributed by atoms with Crippen molar-refractivity contribution in [1.82, 2.24) is 9.97 Å². The number of carbonyl (C=O) groups is 2. The number of aromatic nitrogens is 2. The molecule has 6 heteroatoms. The molecule has 2 aromatic carbocycles. The van der Waals surface area contributed by atoms with E-state index in [9.17, 15) is 9.59 Å². The maximum atomic E-state index is 12.3. The van der Waals surface area contributed by atoms with Crippen LogP contribution in [0, 0.1) is 0 Å². The predicted molar refractivity (Wildman–Crippen MR) is 112 cm³/mol. The molecule has 0 aliphatic heterocycles. The van der Waals surface area contributed by atoms with Gasteiger partial charge in [0.2, 0.25) is 0 Å². The van der Waals surface area contributed by atoms with E-state index in [0.717, 1.165) is 26.8 Å². The van der Waals surface area contributed by atoms with Gasteiger partial charge in [0.25, 0.3) is 0 Å². The Morgan fingerprint density at radius 1 is 1.00 bits per heavy atom. The fourth-order valence-electron chi connectivity index (χ4n) is 2.70. The van der Waals surface area contributed by atoms with Gasteiger partial charge in [-0.15, -0.1) is 0 Å². The molecule has 0 aliphatic carbocycles. The van der Waals surface area contributed by atoms with Crippen molar-refractivity contribution in [1.29, 1.82) is 0 Å². The van der Waals surface area contributed by atoms with Crippen LogP contribution in [0.5, 0.6) is 0 Å². The topological polar surface area (TPSA) is 69.2 Å². The van der Waals surface area contributed by atoms with Gasteiger partial charge in [-0.1, -0.05) is 40.2 Å². The minimum atomic E-state index is -0.543. The number of fused-ring (bicyclic) bond motifs is 1. The van der Waals surface area contributed by atoms with Crippen LogP contribution in [0.25, 0.3) is 22.3 Å². The normalized spacial score (nSPS) is 11.4. The monoisotopic (exact) mass is 440 g/mol. The van der Waals surface area contributed by atoms with E-state index >= 15 is 0 Å². The number of hydrogen-bond donors (Lipinski definition) is 0. The molecule has 144 valence electrons. The molecule has 0 aliphatic rings. The first-order chi connectivity index (χ1) is 13.2. The van der Waals surface area contributed by atoms with Crippen LogP contribution in [0.3, 0.4) is 0 Å². The summed E-state index contributed by atoms with van der Waals surface area (Å²) in [6, 6.07) is 12.9. The van der Waals surface area contributed by atoms with Crippen LogP contribution < -0.4 is 0 Å². The Balaban J connectivity index is 1.68. The Bertz CT molecular complexity index is 1020. The molecule has 0 N–H and O–H groups in total. The van der Waals surface area contributed by atoms with Crippen LogP contribution >= 0.6 is 15.9 Å². The van der Waals surface area contributed by atoms with Gasteiger partial charge >= 0.3 is 5.97 Å². The van der Waals surface area contributed by atoms with E-state index in [1.807, 2.05) is 30.3 Å². The molecule has 5 nitrogen and oxygen atoms in total. The molecule has 0 saturated carbocycles. The minimum Gasteiger partial charge on any atom is -0.460 e. The lowest BCUT2D eigenvalue weighted by molar-refractivity contribution is -0.154. The van der Waals surface area contributed by atoms with Crippen molar-refractivity contribution < 1.29 is 14.3 Å². The summed E-state index contributed by atoms with van der Waals surface area (Å²) in [6.45, 7) is 5.42. The van der Waals surface area contributed by atoms with Gasteiger partial charge in [0.1, 0.15) is 5.60 Å². The average Bonchev–Trinajstić information content (AvgIpc) is 2.64. The number of hydrogen-bond acceptors (Lipinski definition) is 5. The molecule has 1 heterocycles. The lowest BCUT2D eigenvalue weighted by Crippen LogP contribution is -2.24. The molecule has 28 heavy (non-hydrogen) atoms. The molecule has 0 atom stereocenters. The van der Waals surface area contributed by atoms with Crippen LogP contribution in [0.15, 0.2) is 53.1 Å². The van der Waals surface area contributed by atoms with Crippen molar-refractivity contribution in [2.75, 3.05) is 0 Å². The number of carbonyl (C=O) groups excluding carboxylic acids is 2. The van der Waals surface area contributed by atoms with E-state index in [1.54, 1.807) is 39.1 Å². The van der Waals surface area contributed by atoms with Crippen LogP contribution in [-0.2, 0) is 9.53 Å². The number of rotatable bonds is 5. The lowest BCUT2D eigenvalue weighted by Gasteiger charge is -2.19. The number of ether oxygens (including phenoxy) is 1. The van der Waals surface area contributed by atoms with E-state index in [0.29, 0.717) is 5.56 Å². The van der Waals surface area contributed by atoms with Crippen molar-refractivity contribution in [3.05, 3.63) is 58.7 Å². The van der Waals surface area contributed by atoms with Crippen LogP contribution in [0.1, 0.15) is 44.0 Å². The molecule has 0 amide bonds. The van der Waals surface area contributed by atoms with E-state index in [-0.39, 0.29) is 24.6 Å². The molecule has 0 fully saturated rings.